The molecule has 2 N–H and O–H groups in total. The predicted molar refractivity (Wildman–Crippen MR) is 95.4 cm³/mol. The molecule has 6 nitrogen and oxygen atoms in total. The summed E-state index contributed by atoms with van der Waals surface area (Å²) in [5.41, 5.74) is 8.00. The Morgan fingerprint density at radius 2 is 2.00 bits per heavy atom. The Kier molecular flexibility index (Phi) is 5.09. The molecule has 1 aliphatic carbocycles. The maximum atomic E-state index is 10.7. The second kappa shape index (κ2) is 7.44. The zero-order chi connectivity index (χ0) is 17.8. The Morgan fingerprint density at radius 3 is 2.60 bits per heavy atom. The summed E-state index contributed by atoms with van der Waals surface area (Å²) < 4.78 is 5.41. The van der Waals surface area contributed by atoms with E-state index in [1.807, 2.05) is 6.07 Å². The molecule has 3 aromatic heterocycles. The van der Waals surface area contributed by atoms with Gasteiger partial charge in [-0.25, -0.2) is 15.0 Å². The molecule has 1 saturated carbocycles. The van der Waals surface area contributed by atoms with Crippen LogP contribution in [0.3, 0.4) is 0 Å². The number of hydrogen-bond acceptors (Lipinski definition) is 6. The molecule has 0 saturated heterocycles. The van der Waals surface area contributed by atoms with Gasteiger partial charge in [0.25, 0.3) is 0 Å². The molecule has 0 unspecified atom stereocenters. The molecule has 128 valence electrons. The van der Waals surface area contributed by atoms with Crippen LogP contribution in [0.15, 0.2) is 47.3 Å². The number of Topliss-reactive ketones (excluding diaryl/α,β-unsaturated/α-hetero) is 1. The highest BCUT2D eigenvalue weighted by molar-refractivity contribution is 6.29. The molecule has 25 heavy (non-hydrogen) atoms. The van der Waals surface area contributed by atoms with E-state index in [-0.39, 0.29) is 5.78 Å². The number of anilines is 1. The first-order chi connectivity index (χ1) is 12.0. The van der Waals surface area contributed by atoms with Crippen LogP contribution in [-0.2, 0) is 0 Å². The first kappa shape index (κ1) is 17.1. The fraction of sp³-hybridized carbons (Fsp3) is 0.222. The number of nitrogens with zero attached hydrogens (tertiary/aromatic N) is 3. The Labute approximate surface area is 150 Å². The molecule has 3 heterocycles. The molecule has 0 aromatic carbocycles. The number of carbonyl (C=O) groups is 1. The number of nitrogens with two attached hydrogens (primary N) is 1. The van der Waals surface area contributed by atoms with E-state index < -0.39 is 0 Å². The van der Waals surface area contributed by atoms with Crippen molar-refractivity contribution in [2.75, 3.05) is 5.73 Å². The highest BCUT2D eigenvalue weighted by Gasteiger charge is 2.28. The van der Waals surface area contributed by atoms with Crippen LogP contribution in [0.25, 0.3) is 11.3 Å². The second-order valence-electron chi connectivity index (χ2n) is 5.74. The second-order valence-corrected chi connectivity index (χ2v) is 6.13. The van der Waals surface area contributed by atoms with Gasteiger partial charge < -0.3 is 10.2 Å². The SMILES string of the molecule is CC(=O)c1ccnc(Cl)c1.Nc1cc(-c2coc(C3CC3)n2)ccn1. The number of hydrogen-bond donors (Lipinski definition) is 1. The third kappa shape index (κ3) is 4.64. The van der Waals surface area contributed by atoms with Crippen molar-refractivity contribution in [1.82, 2.24) is 15.0 Å². The lowest BCUT2D eigenvalue weighted by Gasteiger charge is -1.95. The van der Waals surface area contributed by atoms with Crippen molar-refractivity contribution in [2.24, 2.45) is 0 Å². The molecule has 7 heteroatoms. The minimum atomic E-state index is 0.00398. The molecular weight excluding hydrogens is 340 g/mol. The van der Waals surface area contributed by atoms with E-state index in [1.165, 1.54) is 26.0 Å². The summed E-state index contributed by atoms with van der Waals surface area (Å²) in [5, 5.41) is 0.354. The maximum Gasteiger partial charge on any atom is 0.197 e. The standard InChI is InChI=1S/C11H11N3O.C7H6ClNO/c12-10-5-8(3-4-13-10)9-6-15-11(14-9)7-1-2-7;1-5(10)6-2-3-9-7(8)4-6/h3-7H,1-2H2,(H2,12,13);2-4H,1H3. The van der Waals surface area contributed by atoms with Crippen LogP contribution >= 0.6 is 11.6 Å². The van der Waals surface area contributed by atoms with Gasteiger partial charge in [0.05, 0.1) is 0 Å². The van der Waals surface area contributed by atoms with Gasteiger partial charge in [0.1, 0.15) is 22.9 Å². The smallest absolute Gasteiger partial charge is 0.197 e. The zero-order valence-corrected chi connectivity index (χ0v) is 14.4. The van der Waals surface area contributed by atoms with Crippen LogP contribution in [0.1, 0.15) is 41.9 Å². The lowest BCUT2D eigenvalue weighted by Crippen LogP contribution is -1.91. The van der Waals surface area contributed by atoms with Crippen molar-refractivity contribution in [3.8, 4) is 11.3 Å². The number of pyridine rings is 2. The lowest BCUT2D eigenvalue weighted by molar-refractivity contribution is 0.101. The van der Waals surface area contributed by atoms with Crippen molar-refractivity contribution < 1.29 is 9.21 Å². The fourth-order valence-electron chi connectivity index (χ4n) is 2.17. The molecule has 3 aromatic rings. The van der Waals surface area contributed by atoms with E-state index in [0.29, 0.717) is 22.5 Å². The summed E-state index contributed by atoms with van der Waals surface area (Å²) in [4.78, 5) is 22.8. The van der Waals surface area contributed by atoms with Crippen LogP contribution in [0.2, 0.25) is 5.15 Å². The Balaban J connectivity index is 0.000000160. The first-order valence-electron chi connectivity index (χ1n) is 7.82. The van der Waals surface area contributed by atoms with E-state index in [4.69, 9.17) is 21.8 Å². The summed E-state index contributed by atoms with van der Waals surface area (Å²) in [6.45, 7) is 1.49. The van der Waals surface area contributed by atoms with Gasteiger partial charge in [-0.05, 0) is 44.0 Å². The van der Waals surface area contributed by atoms with Crippen molar-refractivity contribution >= 4 is 23.2 Å². The van der Waals surface area contributed by atoms with E-state index in [9.17, 15) is 4.79 Å². The van der Waals surface area contributed by atoms with Gasteiger partial charge in [0.2, 0.25) is 0 Å². The minimum Gasteiger partial charge on any atom is -0.448 e. The van der Waals surface area contributed by atoms with Gasteiger partial charge in [-0.15, -0.1) is 0 Å². The molecular formula is C18H17ClN4O2. The topological polar surface area (TPSA) is 94.9 Å². The lowest BCUT2D eigenvalue weighted by atomic mass is 10.2. The van der Waals surface area contributed by atoms with Gasteiger partial charge in [0, 0.05) is 29.4 Å². The number of carbonyl (C=O) groups excluding carboxylic acids is 1. The molecule has 0 amide bonds. The van der Waals surface area contributed by atoms with Gasteiger partial charge in [0.15, 0.2) is 11.7 Å². The fourth-order valence-corrected chi connectivity index (χ4v) is 2.34. The summed E-state index contributed by atoms with van der Waals surface area (Å²) >= 11 is 5.53. The number of aromatic nitrogens is 3. The number of halogens is 1. The minimum absolute atomic E-state index is 0.00398. The van der Waals surface area contributed by atoms with E-state index in [0.717, 1.165) is 17.1 Å². The molecule has 4 rings (SSSR count). The maximum absolute atomic E-state index is 10.7. The van der Waals surface area contributed by atoms with Crippen molar-refractivity contribution in [3.63, 3.8) is 0 Å². The molecule has 1 fully saturated rings. The summed E-state index contributed by atoms with van der Waals surface area (Å²) in [7, 11) is 0. The predicted octanol–water partition coefficient (Wildman–Crippen LogP) is 4.13. The number of ketones is 1. The Bertz CT molecular complexity index is 890. The van der Waals surface area contributed by atoms with Gasteiger partial charge in [-0.3, -0.25) is 4.79 Å². The Morgan fingerprint density at radius 1 is 1.24 bits per heavy atom. The average Bonchev–Trinajstić information content (AvgIpc) is 3.32. The van der Waals surface area contributed by atoms with Gasteiger partial charge in [-0.1, -0.05) is 11.6 Å². The first-order valence-corrected chi connectivity index (χ1v) is 8.20. The third-order valence-electron chi connectivity index (χ3n) is 3.66. The number of oxazole rings is 1. The molecule has 0 atom stereocenters. The van der Waals surface area contributed by atoms with Crippen molar-refractivity contribution in [1.29, 1.82) is 0 Å². The van der Waals surface area contributed by atoms with Crippen LogP contribution in [-0.4, -0.2) is 20.7 Å². The normalized spacial score (nSPS) is 13.0. The molecule has 1 aliphatic rings. The van der Waals surface area contributed by atoms with Gasteiger partial charge >= 0.3 is 0 Å². The molecule has 0 spiro atoms. The zero-order valence-electron chi connectivity index (χ0n) is 13.6. The van der Waals surface area contributed by atoms with Crippen LogP contribution < -0.4 is 5.73 Å². The molecule has 0 aliphatic heterocycles. The van der Waals surface area contributed by atoms with Crippen molar-refractivity contribution in [3.05, 3.63) is 59.5 Å². The summed E-state index contributed by atoms with van der Waals surface area (Å²) in [6.07, 6.45) is 7.26. The van der Waals surface area contributed by atoms with Gasteiger partial charge in [-0.2, -0.15) is 0 Å². The number of rotatable bonds is 3. The van der Waals surface area contributed by atoms with Crippen molar-refractivity contribution in [2.45, 2.75) is 25.7 Å². The Hall–Kier alpha value is -2.73. The largest absolute Gasteiger partial charge is 0.448 e. The number of nitrogen functional groups attached to an aromatic ring is 1. The van der Waals surface area contributed by atoms with E-state index in [2.05, 4.69) is 15.0 Å². The third-order valence-corrected chi connectivity index (χ3v) is 3.87. The average molecular weight is 357 g/mol. The summed E-state index contributed by atoms with van der Waals surface area (Å²) in [6, 6.07) is 6.86. The highest BCUT2D eigenvalue weighted by atomic mass is 35.5. The van der Waals surface area contributed by atoms with Crippen LogP contribution in [0.4, 0.5) is 5.82 Å². The van der Waals surface area contributed by atoms with Crippen LogP contribution in [0.5, 0.6) is 0 Å². The van der Waals surface area contributed by atoms with Crippen LogP contribution in [0, 0.1) is 0 Å². The van der Waals surface area contributed by atoms with E-state index in [1.54, 1.807) is 30.7 Å². The quantitative estimate of drug-likeness (QED) is 0.560. The monoisotopic (exact) mass is 356 g/mol. The van der Waals surface area contributed by atoms with E-state index >= 15 is 0 Å². The molecule has 0 radical (unpaired) electrons. The summed E-state index contributed by atoms with van der Waals surface area (Å²) in [5.74, 6) is 1.89. The molecule has 0 bridgehead atoms. The highest BCUT2D eigenvalue weighted by Crippen LogP contribution is 2.40.